The van der Waals surface area contributed by atoms with E-state index in [0.29, 0.717) is 11.6 Å². The van der Waals surface area contributed by atoms with Gasteiger partial charge in [-0.3, -0.25) is 4.79 Å². The summed E-state index contributed by atoms with van der Waals surface area (Å²) in [6, 6.07) is 7.82. The second-order valence-corrected chi connectivity index (χ2v) is 6.78. The third-order valence-electron chi connectivity index (χ3n) is 4.88. The van der Waals surface area contributed by atoms with Gasteiger partial charge in [-0.15, -0.1) is 12.4 Å². The average Bonchev–Trinajstić information content (AvgIpc) is 3.17. The summed E-state index contributed by atoms with van der Waals surface area (Å²) in [4.78, 5) is 12.6. The van der Waals surface area contributed by atoms with Crippen molar-refractivity contribution in [2.45, 2.75) is 56.3 Å². The Hall–Kier alpha value is -0.810. The van der Waals surface area contributed by atoms with Crippen molar-refractivity contribution in [2.75, 3.05) is 6.54 Å². The summed E-state index contributed by atoms with van der Waals surface area (Å²) in [6.07, 6.45) is 5.46. The number of benzene rings is 1. The number of hydrogen-bond donors (Lipinski definition) is 2. The van der Waals surface area contributed by atoms with Crippen LogP contribution in [0.4, 0.5) is 0 Å². The molecule has 2 atom stereocenters. The maximum Gasteiger partial charge on any atom is 0.249 e. The van der Waals surface area contributed by atoms with Gasteiger partial charge in [-0.2, -0.15) is 0 Å². The van der Waals surface area contributed by atoms with Crippen LogP contribution in [-0.4, -0.2) is 24.7 Å². The predicted octanol–water partition coefficient (Wildman–Crippen LogP) is 3.15. The molecule has 2 fully saturated rings. The van der Waals surface area contributed by atoms with Gasteiger partial charge in [0.05, 0.1) is 11.6 Å². The van der Waals surface area contributed by atoms with Crippen molar-refractivity contribution < 1.29 is 9.53 Å². The van der Waals surface area contributed by atoms with E-state index in [2.05, 4.69) is 5.32 Å². The molecule has 2 aliphatic rings. The van der Waals surface area contributed by atoms with Gasteiger partial charge in [-0.05, 0) is 43.4 Å². The van der Waals surface area contributed by atoms with Gasteiger partial charge in [0.1, 0.15) is 6.10 Å². The van der Waals surface area contributed by atoms with Crippen molar-refractivity contribution >= 4 is 29.9 Å². The first kappa shape index (κ1) is 18.5. The van der Waals surface area contributed by atoms with E-state index in [-0.39, 0.29) is 36.1 Å². The molecule has 6 heteroatoms. The Morgan fingerprint density at radius 3 is 2.48 bits per heavy atom. The number of nitrogens with one attached hydrogen (secondary N) is 1. The minimum absolute atomic E-state index is 0. The Balaban J connectivity index is 0.00000192. The van der Waals surface area contributed by atoms with Gasteiger partial charge in [0.15, 0.2) is 0 Å². The average molecular weight is 359 g/mol. The predicted molar refractivity (Wildman–Crippen MR) is 93.9 cm³/mol. The van der Waals surface area contributed by atoms with Crippen LogP contribution in [0.25, 0.3) is 0 Å². The molecule has 0 aromatic heterocycles. The molecule has 128 valence electrons. The maximum absolute atomic E-state index is 12.6. The highest BCUT2D eigenvalue weighted by Gasteiger charge is 2.40. The lowest BCUT2D eigenvalue weighted by atomic mass is 9.88. The lowest BCUT2D eigenvalue weighted by Gasteiger charge is -2.32. The fraction of sp³-hybridized carbons (Fsp3) is 0.588. The van der Waals surface area contributed by atoms with E-state index in [1.54, 1.807) is 0 Å². The van der Waals surface area contributed by atoms with Crippen LogP contribution in [0.3, 0.4) is 0 Å². The molecule has 1 saturated heterocycles. The quantitative estimate of drug-likeness (QED) is 0.868. The molecule has 1 aliphatic heterocycles. The number of nitrogens with two attached hydrogens (primary N) is 1. The second kappa shape index (κ2) is 7.84. The Labute approximate surface area is 148 Å². The highest BCUT2D eigenvalue weighted by Crippen LogP contribution is 2.39. The number of carbonyl (C=O) groups is 1. The van der Waals surface area contributed by atoms with Crippen molar-refractivity contribution in [3.05, 3.63) is 34.9 Å². The maximum atomic E-state index is 12.6. The first-order chi connectivity index (χ1) is 10.6. The summed E-state index contributed by atoms with van der Waals surface area (Å²) in [7, 11) is 0. The summed E-state index contributed by atoms with van der Waals surface area (Å²) < 4.78 is 5.72. The monoisotopic (exact) mass is 358 g/mol. The molecule has 1 heterocycles. The van der Waals surface area contributed by atoms with E-state index in [0.717, 1.165) is 44.1 Å². The van der Waals surface area contributed by atoms with E-state index in [1.807, 2.05) is 24.3 Å². The van der Waals surface area contributed by atoms with Gasteiger partial charge in [0.25, 0.3) is 0 Å². The minimum Gasteiger partial charge on any atom is -0.364 e. The third kappa shape index (κ3) is 4.00. The molecular formula is C17H24Cl2N2O2. The standard InChI is InChI=1S/C17H23ClN2O2.ClH/c18-13-5-3-12(4-6-13)17(9-1-2-10-17)20-16(21)15-8-7-14(11-19)22-15;/h3-6,14-15H,1-2,7-11,19H2,(H,20,21);1H/t14-,15+;/m1./s1. The van der Waals surface area contributed by atoms with Crippen molar-refractivity contribution in [2.24, 2.45) is 5.73 Å². The Bertz CT molecular complexity index is 530. The first-order valence-corrected chi connectivity index (χ1v) is 8.44. The van der Waals surface area contributed by atoms with Gasteiger partial charge in [-0.25, -0.2) is 0 Å². The minimum atomic E-state index is -0.363. The van der Waals surface area contributed by atoms with Crippen LogP contribution in [0.5, 0.6) is 0 Å². The van der Waals surface area contributed by atoms with Gasteiger partial charge in [0, 0.05) is 11.6 Å². The highest BCUT2D eigenvalue weighted by molar-refractivity contribution is 6.30. The van der Waals surface area contributed by atoms with Crippen LogP contribution in [0.2, 0.25) is 5.02 Å². The molecule has 3 rings (SSSR count). The molecule has 1 aromatic rings. The SMILES string of the molecule is Cl.NC[C@H]1CC[C@@H](C(=O)NC2(c3ccc(Cl)cc3)CCCC2)O1. The summed E-state index contributed by atoms with van der Waals surface area (Å²) >= 11 is 5.99. The van der Waals surface area contributed by atoms with E-state index in [1.165, 1.54) is 0 Å². The normalized spacial score (nSPS) is 25.8. The zero-order valence-corrected chi connectivity index (χ0v) is 14.7. The van der Waals surface area contributed by atoms with Gasteiger partial charge < -0.3 is 15.8 Å². The second-order valence-electron chi connectivity index (χ2n) is 6.35. The number of hydrogen-bond acceptors (Lipinski definition) is 3. The Kier molecular flexibility index (Phi) is 6.32. The first-order valence-electron chi connectivity index (χ1n) is 8.06. The summed E-state index contributed by atoms with van der Waals surface area (Å²) in [5.41, 5.74) is 6.49. The molecule has 0 spiro atoms. The van der Waals surface area contributed by atoms with Crippen LogP contribution < -0.4 is 11.1 Å². The Morgan fingerprint density at radius 2 is 1.91 bits per heavy atom. The molecule has 0 unspecified atom stereocenters. The summed E-state index contributed by atoms with van der Waals surface area (Å²) in [6.45, 7) is 0.478. The van der Waals surface area contributed by atoms with Crippen LogP contribution in [0, 0.1) is 0 Å². The number of halogens is 2. The largest absolute Gasteiger partial charge is 0.364 e. The number of carbonyl (C=O) groups excluding carboxylic acids is 1. The van der Waals surface area contributed by atoms with Crippen molar-refractivity contribution in [1.82, 2.24) is 5.32 Å². The van der Waals surface area contributed by atoms with E-state index in [4.69, 9.17) is 22.1 Å². The zero-order chi connectivity index (χ0) is 15.6. The highest BCUT2D eigenvalue weighted by atomic mass is 35.5. The summed E-state index contributed by atoms with van der Waals surface area (Å²) in [5.74, 6) is -0.00667. The number of rotatable bonds is 4. The molecule has 4 nitrogen and oxygen atoms in total. The lowest BCUT2D eigenvalue weighted by Crippen LogP contribution is -2.48. The molecular weight excluding hydrogens is 335 g/mol. The molecule has 1 aromatic carbocycles. The van der Waals surface area contributed by atoms with Gasteiger partial charge in [0.2, 0.25) is 5.91 Å². The molecule has 1 aliphatic carbocycles. The fourth-order valence-electron chi connectivity index (χ4n) is 3.62. The molecule has 0 radical (unpaired) electrons. The van der Waals surface area contributed by atoms with E-state index in [9.17, 15) is 4.79 Å². The smallest absolute Gasteiger partial charge is 0.249 e. The fourth-order valence-corrected chi connectivity index (χ4v) is 3.75. The molecule has 3 N–H and O–H groups in total. The van der Waals surface area contributed by atoms with Crippen molar-refractivity contribution in [3.63, 3.8) is 0 Å². The van der Waals surface area contributed by atoms with Gasteiger partial charge >= 0.3 is 0 Å². The van der Waals surface area contributed by atoms with E-state index >= 15 is 0 Å². The van der Waals surface area contributed by atoms with Crippen LogP contribution >= 0.6 is 24.0 Å². The zero-order valence-electron chi connectivity index (χ0n) is 13.1. The lowest BCUT2D eigenvalue weighted by molar-refractivity contribution is -0.134. The number of amides is 1. The third-order valence-corrected chi connectivity index (χ3v) is 5.13. The van der Waals surface area contributed by atoms with E-state index < -0.39 is 0 Å². The van der Waals surface area contributed by atoms with Crippen molar-refractivity contribution in [1.29, 1.82) is 0 Å². The topological polar surface area (TPSA) is 64.4 Å². The Morgan fingerprint density at radius 1 is 1.26 bits per heavy atom. The van der Waals surface area contributed by atoms with Crippen molar-refractivity contribution in [3.8, 4) is 0 Å². The molecule has 23 heavy (non-hydrogen) atoms. The van der Waals surface area contributed by atoms with Crippen LogP contribution in [-0.2, 0) is 15.1 Å². The summed E-state index contributed by atoms with van der Waals surface area (Å²) in [5, 5.41) is 3.98. The van der Waals surface area contributed by atoms with Crippen LogP contribution in [0.15, 0.2) is 24.3 Å². The molecule has 0 bridgehead atoms. The van der Waals surface area contributed by atoms with Crippen LogP contribution in [0.1, 0.15) is 44.1 Å². The van der Waals surface area contributed by atoms with Gasteiger partial charge in [-0.1, -0.05) is 36.6 Å². The molecule has 1 saturated carbocycles. The molecule has 1 amide bonds. The number of ether oxygens (including phenoxy) is 1.